The minimum Gasteiger partial charge on any atom is -0.227 e. The lowest BCUT2D eigenvalue weighted by Gasteiger charge is -2.38. The monoisotopic (exact) mass is 315 g/mol. The van der Waals surface area contributed by atoms with E-state index < -0.39 is 36.5 Å². The Morgan fingerprint density at radius 3 is 2.10 bits per heavy atom. The van der Waals surface area contributed by atoms with Crippen molar-refractivity contribution in [1.29, 1.82) is 0 Å². The lowest BCUT2D eigenvalue weighted by atomic mass is 9.76. The second-order valence-corrected chi connectivity index (χ2v) is 4.96. The van der Waals surface area contributed by atoms with Gasteiger partial charge >= 0.3 is 18.0 Å². The predicted octanol–water partition coefficient (Wildman–Crippen LogP) is 4.55. The summed E-state index contributed by atoms with van der Waals surface area (Å²) in [6.07, 6.45) is -9.58. The van der Waals surface area contributed by atoms with Gasteiger partial charge in [0.15, 0.2) is 0 Å². The number of fused-ring (bicyclic) bond motifs is 1. The molecule has 2 unspecified atom stereocenters. The van der Waals surface area contributed by atoms with Gasteiger partial charge in [-0.1, -0.05) is 24.3 Å². The van der Waals surface area contributed by atoms with Gasteiger partial charge < -0.3 is 0 Å². The number of aryl methyl sites for hydroxylation is 1. The van der Waals surface area contributed by atoms with Gasteiger partial charge in [0, 0.05) is 0 Å². The Morgan fingerprint density at radius 1 is 0.952 bits per heavy atom. The van der Waals surface area contributed by atoms with Crippen LogP contribution in [-0.2, 0) is 11.5 Å². The van der Waals surface area contributed by atoms with Crippen molar-refractivity contribution in [3.63, 3.8) is 0 Å². The highest BCUT2D eigenvalue weighted by Gasteiger charge is 2.76. The smallest absolute Gasteiger partial charge is 0.227 e. The Morgan fingerprint density at radius 2 is 1.52 bits per heavy atom. The van der Waals surface area contributed by atoms with Crippen LogP contribution >= 0.6 is 0 Å². The molecule has 0 amide bonds. The van der Waals surface area contributed by atoms with E-state index in [9.17, 15) is 35.8 Å². The molecular formula is C13H10F7O. The minimum atomic E-state index is -6.41. The highest BCUT2D eigenvalue weighted by atomic mass is 19.4. The number of benzene rings is 1. The SMILES string of the molecule is [O]C1c2ccccc2CCC1C(F)(F)C(F)(F)C(F)(F)F. The highest BCUT2D eigenvalue weighted by molar-refractivity contribution is 5.32. The van der Waals surface area contributed by atoms with Crippen molar-refractivity contribution in [2.75, 3.05) is 0 Å². The summed E-state index contributed by atoms with van der Waals surface area (Å²) in [5.74, 6) is -14.3. The van der Waals surface area contributed by atoms with Crippen LogP contribution in [0.5, 0.6) is 0 Å². The van der Waals surface area contributed by atoms with Gasteiger partial charge in [0.25, 0.3) is 0 Å². The molecule has 0 N–H and O–H groups in total. The maximum atomic E-state index is 13.7. The predicted molar refractivity (Wildman–Crippen MR) is 57.6 cm³/mol. The lowest BCUT2D eigenvalue weighted by molar-refractivity contribution is -0.372. The summed E-state index contributed by atoms with van der Waals surface area (Å²) in [7, 11) is 0. The average Bonchev–Trinajstić information content (AvgIpc) is 2.37. The molecule has 8 heteroatoms. The summed E-state index contributed by atoms with van der Waals surface area (Å²) >= 11 is 0. The van der Waals surface area contributed by atoms with Gasteiger partial charge in [-0.3, -0.25) is 0 Å². The first-order chi connectivity index (χ1) is 9.50. The van der Waals surface area contributed by atoms with Crippen molar-refractivity contribution in [3.05, 3.63) is 35.4 Å². The van der Waals surface area contributed by atoms with Gasteiger partial charge in [0.1, 0.15) is 6.10 Å². The van der Waals surface area contributed by atoms with Crippen LogP contribution in [0.3, 0.4) is 0 Å². The Kier molecular flexibility index (Phi) is 3.72. The van der Waals surface area contributed by atoms with E-state index in [4.69, 9.17) is 0 Å². The topological polar surface area (TPSA) is 19.9 Å². The Bertz CT molecular complexity index is 523. The van der Waals surface area contributed by atoms with Crippen molar-refractivity contribution in [2.24, 2.45) is 5.92 Å². The first-order valence-electron chi connectivity index (χ1n) is 6.06. The van der Waals surface area contributed by atoms with Crippen molar-refractivity contribution < 1.29 is 35.8 Å². The van der Waals surface area contributed by atoms with E-state index in [0.29, 0.717) is 5.56 Å². The molecule has 1 aliphatic rings. The third-order valence-corrected chi connectivity index (χ3v) is 3.69. The van der Waals surface area contributed by atoms with E-state index in [-0.39, 0.29) is 12.0 Å². The van der Waals surface area contributed by atoms with E-state index in [1.165, 1.54) is 24.3 Å². The second-order valence-electron chi connectivity index (χ2n) is 4.96. The molecule has 0 aromatic heterocycles. The molecular weight excluding hydrogens is 305 g/mol. The van der Waals surface area contributed by atoms with Crippen LogP contribution in [0.2, 0.25) is 0 Å². The Hall–Kier alpha value is -1.31. The fraction of sp³-hybridized carbons (Fsp3) is 0.538. The molecule has 0 bridgehead atoms. The largest absolute Gasteiger partial charge is 0.459 e. The van der Waals surface area contributed by atoms with Crippen molar-refractivity contribution in [2.45, 2.75) is 37.0 Å². The zero-order chi connectivity index (χ0) is 16.1. The number of rotatable bonds is 2. The first kappa shape index (κ1) is 16.1. The van der Waals surface area contributed by atoms with E-state index >= 15 is 0 Å². The van der Waals surface area contributed by atoms with Crippen LogP contribution in [0.25, 0.3) is 0 Å². The Labute approximate surface area is 115 Å². The summed E-state index contributed by atoms with van der Waals surface area (Å²) in [4.78, 5) is 0. The van der Waals surface area contributed by atoms with Crippen LogP contribution < -0.4 is 0 Å². The standard InChI is InChI=1S/C13H10F7O/c14-11(15,12(16,17)13(18,19)20)9-6-5-7-3-1-2-4-8(7)10(9)21/h1-4,9-10H,5-6H2. The molecule has 0 saturated carbocycles. The first-order valence-corrected chi connectivity index (χ1v) is 6.06. The van der Waals surface area contributed by atoms with Crippen LogP contribution in [0.15, 0.2) is 24.3 Å². The maximum absolute atomic E-state index is 13.7. The maximum Gasteiger partial charge on any atom is 0.459 e. The molecule has 1 nitrogen and oxygen atoms in total. The lowest BCUT2D eigenvalue weighted by Crippen LogP contribution is -2.57. The minimum absolute atomic E-state index is 0.136. The summed E-state index contributed by atoms with van der Waals surface area (Å²) in [5.41, 5.74) is 0.256. The highest BCUT2D eigenvalue weighted by Crippen LogP contribution is 2.55. The molecule has 2 atom stereocenters. The molecule has 0 aliphatic heterocycles. The molecule has 0 heterocycles. The van der Waals surface area contributed by atoms with Crippen LogP contribution in [0, 0.1) is 5.92 Å². The third kappa shape index (κ3) is 2.39. The second kappa shape index (κ2) is 4.86. The summed E-state index contributed by atoms with van der Waals surface area (Å²) in [5, 5.41) is 11.9. The average molecular weight is 315 g/mol. The molecule has 1 aromatic rings. The zero-order valence-electron chi connectivity index (χ0n) is 10.4. The number of hydrogen-bond acceptors (Lipinski definition) is 0. The normalized spacial score (nSPS) is 23.8. The number of halogens is 7. The molecule has 21 heavy (non-hydrogen) atoms. The van der Waals surface area contributed by atoms with Gasteiger partial charge in [-0.25, -0.2) is 5.11 Å². The molecule has 1 aromatic carbocycles. The fourth-order valence-electron chi connectivity index (χ4n) is 2.51. The van der Waals surface area contributed by atoms with Gasteiger partial charge in [0.2, 0.25) is 0 Å². The number of hydrogen-bond donors (Lipinski definition) is 0. The zero-order valence-corrected chi connectivity index (χ0v) is 10.4. The van der Waals surface area contributed by atoms with Crippen LogP contribution in [-0.4, -0.2) is 18.0 Å². The van der Waals surface area contributed by atoms with Gasteiger partial charge in [0.05, 0.1) is 5.92 Å². The van der Waals surface area contributed by atoms with Crippen LogP contribution in [0.1, 0.15) is 23.7 Å². The fourth-order valence-corrected chi connectivity index (χ4v) is 2.51. The van der Waals surface area contributed by atoms with Gasteiger partial charge in [-0.2, -0.15) is 30.7 Å². The molecule has 1 radical (unpaired) electrons. The molecule has 0 fully saturated rings. The molecule has 2 rings (SSSR count). The van der Waals surface area contributed by atoms with E-state index in [1.54, 1.807) is 0 Å². The summed E-state index contributed by atoms with van der Waals surface area (Å²) in [6, 6.07) is 5.54. The van der Waals surface area contributed by atoms with E-state index in [0.717, 1.165) is 0 Å². The summed E-state index contributed by atoms with van der Waals surface area (Å²) in [6.45, 7) is 0. The molecule has 117 valence electrons. The van der Waals surface area contributed by atoms with Gasteiger partial charge in [-0.05, 0) is 24.0 Å². The summed E-state index contributed by atoms with van der Waals surface area (Å²) < 4.78 is 89.9. The Balaban J connectivity index is 2.39. The van der Waals surface area contributed by atoms with Crippen LogP contribution in [0.4, 0.5) is 30.7 Å². The quantitative estimate of drug-likeness (QED) is 0.713. The third-order valence-electron chi connectivity index (χ3n) is 3.69. The number of alkyl halides is 7. The molecule has 1 aliphatic carbocycles. The molecule has 0 spiro atoms. The van der Waals surface area contributed by atoms with Crippen molar-refractivity contribution >= 4 is 0 Å². The van der Waals surface area contributed by atoms with Crippen molar-refractivity contribution in [1.82, 2.24) is 0 Å². The van der Waals surface area contributed by atoms with Gasteiger partial charge in [-0.15, -0.1) is 0 Å². The van der Waals surface area contributed by atoms with E-state index in [2.05, 4.69) is 0 Å². The molecule has 0 saturated heterocycles. The van der Waals surface area contributed by atoms with E-state index in [1.807, 2.05) is 0 Å². The van der Waals surface area contributed by atoms with Crippen molar-refractivity contribution in [3.8, 4) is 0 Å².